The summed E-state index contributed by atoms with van der Waals surface area (Å²) in [7, 11) is 0. The van der Waals surface area contributed by atoms with Gasteiger partial charge in [0, 0.05) is 16.5 Å². The van der Waals surface area contributed by atoms with Gasteiger partial charge in [0.2, 0.25) is 0 Å². The molecule has 3 aromatic heterocycles. The number of H-pyrrole nitrogens is 1. The number of anilines is 1. The lowest BCUT2D eigenvalue weighted by Gasteiger charge is -2.11. The first-order valence-corrected chi connectivity index (χ1v) is 8.75. The van der Waals surface area contributed by atoms with E-state index in [1.54, 1.807) is 11.3 Å². The Labute approximate surface area is 135 Å². The van der Waals surface area contributed by atoms with Crippen LogP contribution in [0.2, 0.25) is 0 Å². The van der Waals surface area contributed by atoms with Gasteiger partial charge in [-0.05, 0) is 30.4 Å². The van der Waals surface area contributed by atoms with Gasteiger partial charge in [-0.25, -0.2) is 9.97 Å². The van der Waals surface area contributed by atoms with Crippen molar-refractivity contribution in [3.8, 4) is 0 Å². The summed E-state index contributed by atoms with van der Waals surface area (Å²) in [4.78, 5) is 14.2. The Balaban J connectivity index is 1.98. The molecule has 3 heterocycles. The second kappa shape index (κ2) is 6.48. The van der Waals surface area contributed by atoms with E-state index in [-0.39, 0.29) is 0 Å². The molecule has 0 radical (unpaired) electrons. The summed E-state index contributed by atoms with van der Waals surface area (Å²) in [6.45, 7) is 7.29. The fourth-order valence-electron chi connectivity index (χ4n) is 2.39. The molecular weight excluding hydrogens is 292 g/mol. The van der Waals surface area contributed by atoms with Gasteiger partial charge in [-0.15, -0.1) is 11.3 Å². The zero-order valence-electron chi connectivity index (χ0n) is 13.3. The molecule has 4 nitrogen and oxygen atoms in total. The Kier molecular flexibility index (Phi) is 4.43. The van der Waals surface area contributed by atoms with E-state index < -0.39 is 0 Å². The molecule has 1 unspecified atom stereocenters. The van der Waals surface area contributed by atoms with Gasteiger partial charge in [0.15, 0.2) is 0 Å². The van der Waals surface area contributed by atoms with Crippen LogP contribution in [0.1, 0.15) is 49.5 Å². The highest BCUT2D eigenvalue weighted by Crippen LogP contribution is 2.26. The lowest BCUT2D eigenvalue weighted by atomic mass is 10.1. The van der Waals surface area contributed by atoms with Crippen LogP contribution in [0.5, 0.6) is 0 Å². The quantitative estimate of drug-likeness (QED) is 0.693. The number of nitrogens with one attached hydrogen (secondary N) is 2. The zero-order chi connectivity index (χ0) is 15.5. The van der Waals surface area contributed by atoms with Gasteiger partial charge in [-0.1, -0.05) is 26.8 Å². The predicted molar refractivity (Wildman–Crippen MR) is 93.6 cm³/mol. The molecule has 0 aromatic carbocycles. The summed E-state index contributed by atoms with van der Waals surface area (Å²) in [6, 6.07) is 6.38. The molecule has 0 bridgehead atoms. The topological polar surface area (TPSA) is 53.6 Å². The van der Waals surface area contributed by atoms with Crippen molar-refractivity contribution in [1.82, 2.24) is 15.0 Å². The van der Waals surface area contributed by atoms with Gasteiger partial charge in [-0.3, -0.25) is 0 Å². The SMILES string of the molecule is CCc1cc2c(NCc3cccs3)nc(C(C)CC)nc2[nH]1. The maximum atomic E-state index is 4.78. The molecule has 1 atom stereocenters. The summed E-state index contributed by atoms with van der Waals surface area (Å²) >= 11 is 1.76. The first kappa shape index (κ1) is 15.0. The maximum absolute atomic E-state index is 4.78. The van der Waals surface area contributed by atoms with E-state index in [9.17, 15) is 0 Å². The summed E-state index contributed by atoms with van der Waals surface area (Å²) < 4.78 is 0. The number of thiophene rings is 1. The zero-order valence-corrected chi connectivity index (χ0v) is 14.1. The van der Waals surface area contributed by atoms with Crippen molar-refractivity contribution in [2.24, 2.45) is 0 Å². The van der Waals surface area contributed by atoms with Crippen LogP contribution in [0.4, 0.5) is 5.82 Å². The lowest BCUT2D eigenvalue weighted by molar-refractivity contribution is 0.683. The van der Waals surface area contributed by atoms with Gasteiger partial charge < -0.3 is 10.3 Å². The van der Waals surface area contributed by atoms with Crippen LogP contribution in [0, 0.1) is 0 Å². The molecular formula is C17H22N4S. The molecule has 0 saturated heterocycles. The average molecular weight is 314 g/mol. The van der Waals surface area contributed by atoms with E-state index in [4.69, 9.17) is 9.97 Å². The average Bonchev–Trinajstić information content (AvgIpc) is 3.20. The van der Waals surface area contributed by atoms with Crippen molar-refractivity contribution >= 4 is 28.2 Å². The van der Waals surface area contributed by atoms with Gasteiger partial charge in [0.05, 0.1) is 11.9 Å². The standard InChI is InChI=1S/C17H22N4S/c1-4-11(3)15-20-16(18-10-13-7-6-8-22-13)14-9-12(5-2)19-17(14)21-15/h6-9,11H,4-5,10H2,1-3H3,(H2,18,19,20,21). The molecule has 0 saturated carbocycles. The monoisotopic (exact) mass is 314 g/mol. The third kappa shape index (κ3) is 2.99. The Morgan fingerprint density at radius 2 is 2.18 bits per heavy atom. The van der Waals surface area contributed by atoms with Gasteiger partial charge in [0.1, 0.15) is 17.3 Å². The molecule has 22 heavy (non-hydrogen) atoms. The second-order valence-corrected chi connectivity index (χ2v) is 6.62. The van der Waals surface area contributed by atoms with E-state index in [1.807, 2.05) is 0 Å². The third-order valence-corrected chi connectivity index (χ3v) is 4.88. The molecule has 2 N–H and O–H groups in total. The van der Waals surface area contributed by atoms with Crippen LogP contribution in [0.3, 0.4) is 0 Å². The number of hydrogen-bond donors (Lipinski definition) is 2. The molecule has 0 aliphatic rings. The van der Waals surface area contributed by atoms with Crippen molar-refractivity contribution < 1.29 is 0 Å². The highest BCUT2D eigenvalue weighted by molar-refractivity contribution is 7.09. The molecule has 0 fully saturated rings. The molecule has 0 aliphatic carbocycles. The van der Waals surface area contributed by atoms with Crippen molar-refractivity contribution in [2.75, 3.05) is 5.32 Å². The minimum Gasteiger partial charge on any atom is -0.365 e. The lowest BCUT2D eigenvalue weighted by Crippen LogP contribution is -2.06. The Morgan fingerprint density at radius 1 is 1.32 bits per heavy atom. The highest BCUT2D eigenvalue weighted by Gasteiger charge is 2.14. The number of rotatable bonds is 6. The van der Waals surface area contributed by atoms with Crippen LogP contribution >= 0.6 is 11.3 Å². The Bertz CT molecular complexity index is 745. The first-order valence-electron chi connectivity index (χ1n) is 7.87. The second-order valence-electron chi connectivity index (χ2n) is 5.58. The van der Waals surface area contributed by atoms with Crippen molar-refractivity contribution in [3.05, 3.63) is 40.0 Å². The summed E-state index contributed by atoms with van der Waals surface area (Å²) in [5, 5.41) is 6.67. The highest BCUT2D eigenvalue weighted by atomic mass is 32.1. The van der Waals surface area contributed by atoms with E-state index in [2.05, 4.69) is 54.7 Å². The first-order chi connectivity index (χ1) is 10.7. The number of nitrogens with zero attached hydrogens (tertiary/aromatic N) is 2. The fraction of sp³-hybridized carbons (Fsp3) is 0.412. The number of fused-ring (bicyclic) bond motifs is 1. The Hall–Kier alpha value is -1.88. The van der Waals surface area contributed by atoms with Crippen LogP contribution < -0.4 is 5.32 Å². The maximum Gasteiger partial charge on any atom is 0.143 e. The predicted octanol–water partition coefficient (Wildman–Crippen LogP) is 4.71. The van der Waals surface area contributed by atoms with Crippen LogP contribution in [0.15, 0.2) is 23.6 Å². The van der Waals surface area contributed by atoms with Crippen molar-refractivity contribution in [2.45, 2.75) is 46.1 Å². The van der Waals surface area contributed by atoms with Gasteiger partial charge in [0.25, 0.3) is 0 Å². The van der Waals surface area contributed by atoms with E-state index in [0.717, 1.165) is 42.1 Å². The Morgan fingerprint density at radius 3 is 2.86 bits per heavy atom. The molecule has 0 amide bonds. The summed E-state index contributed by atoms with van der Waals surface area (Å²) in [6.07, 6.45) is 2.01. The number of aryl methyl sites for hydroxylation is 1. The van der Waals surface area contributed by atoms with Gasteiger partial charge in [-0.2, -0.15) is 0 Å². The van der Waals surface area contributed by atoms with Gasteiger partial charge >= 0.3 is 0 Å². The number of aromatic amines is 1. The molecule has 0 spiro atoms. The molecule has 0 aliphatic heterocycles. The normalized spacial score (nSPS) is 12.7. The van der Waals surface area contributed by atoms with E-state index >= 15 is 0 Å². The smallest absolute Gasteiger partial charge is 0.143 e. The van der Waals surface area contributed by atoms with Crippen LogP contribution in [-0.4, -0.2) is 15.0 Å². The minimum absolute atomic E-state index is 0.361. The summed E-state index contributed by atoms with van der Waals surface area (Å²) in [5.74, 6) is 2.21. The third-order valence-electron chi connectivity index (χ3n) is 4.00. The van der Waals surface area contributed by atoms with E-state index in [0.29, 0.717) is 5.92 Å². The molecule has 116 valence electrons. The van der Waals surface area contributed by atoms with Crippen LogP contribution in [0.25, 0.3) is 11.0 Å². The largest absolute Gasteiger partial charge is 0.365 e. The number of aromatic nitrogens is 3. The van der Waals surface area contributed by atoms with Crippen molar-refractivity contribution in [3.63, 3.8) is 0 Å². The van der Waals surface area contributed by atoms with Crippen molar-refractivity contribution in [1.29, 1.82) is 0 Å². The fourth-order valence-corrected chi connectivity index (χ4v) is 3.04. The number of hydrogen-bond acceptors (Lipinski definition) is 4. The molecule has 5 heteroatoms. The summed E-state index contributed by atoms with van der Waals surface area (Å²) in [5.41, 5.74) is 2.14. The molecule has 3 aromatic rings. The molecule has 3 rings (SSSR count). The van der Waals surface area contributed by atoms with Crippen LogP contribution in [-0.2, 0) is 13.0 Å². The minimum atomic E-state index is 0.361. The van der Waals surface area contributed by atoms with E-state index in [1.165, 1.54) is 10.6 Å².